The van der Waals surface area contributed by atoms with Gasteiger partial charge in [0, 0.05) is 17.7 Å². The Labute approximate surface area is 197 Å². The average molecular weight is 463 g/mol. The van der Waals surface area contributed by atoms with Crippen LogP contribution in [-0.4, -0.2) is 35.0 Å². The Morgan fingerprint density at radius 3 is 2.58 bits per heavy atom. The third kappa shape index (κ3) is 5.30. The Kier molecular flexibility index (Phi) is 6.86. The molecule has 170 valence electrons. The minimum atomic E-state index is -0.231. The standard InChI is InChI=1S/C25H26N4O3S/c1-16(2)29-22(31)14-13-20(28-29)24-23(18-7-5-4-6-8-18)27-25(33-24)26-21(30)15-17-9-11-19(32-3)12-10-17/h4-14,16,20,28H,15H2,1-3H3,(H,26,27,30). The summed E-state index contributed by atoms with van der Waals surface area (Å²) in [7, 11) is 1.61. The van der Waals surface area contributed by atoms with Gasteiger partial charge in [-0.1, -0.05) is 59.9 Å². The van der Waals surface area contributed by atoms with E-state index in [0.29, 0.717) is 5.13 Å². The number of carbonyl (C=O) groups is 2. The molecule has 2 heterocycles. The van der Waals surface area contributed by atoms with Gasteiger partial charge in [0.2, 0.25) is 5.91 Å². The zero-order valence-corrected chi connectivity index (χ0v) is 19.6. The van der Waals surface area contributed by atoms with Crippen molar-refractivity contribution in [2.45, 2.75) is 32.4 Å². The number of rotatable bonds is 7. The van der Waals surface area contributed by atoms with E-state index in [2.05, 4.69) is 10.7 Å². The maximum atomic E-state index is 12.7. The summed E-state index contributed by atoms with van der Waals surface area (Å²) in [6, 6.07) is 17.0. The number of thiazole rings is 1. The summed E-state index contributed by atoms with van der Waals surface area (Å²) in [6.07, 6.45) is 3.65. The van der Waals surface area contributed by atoms with Crippen molar-refractivity contribution in [2.75, 3.05) is 12.4 Å². The van der Waals surface area contributed by atoms with Crippen LogP contribution in [-0.2, 0) is 16.0 Å². The van der Waals surface area contributed by atoms with Gasteiger partial charge in [-0.15, -0.1) is 0 Å². The third-order valence-electron chi connectivity index (χ3n) is 5.22. The van der Waals surface area contributed by atoms with Crippen molar-refractivity contribution in [2.24, 2.45) is 0 Å². The number of carbonyl (C=O) groups excluding carboxylic acids is 2. The fourth-order valence-corrected chi connectivity index (χ4v) is 4.58. The quantitative estimate of drug-likeness (QED) is 0.545. The summed E-state index contributed by atoms with van der Waals surface area (Å²) in [5.74, 6) is 0.518. The molecule has 1 atom stereocenters. The van der Waals surface area contributed by atoms with Gasteiger partial charge in [-0.25, -0.2) is 10.4 Å². The lowest BCUT2D eigenvalue weighted by atomic mass is 10.1. The molecule has 1 aromatic heterocycles. The molecular weight excluding hydrogens is 436 g/mol. The van der Waals surface area contributed by atoms with Gasteiger partial charge in [-0.3, -0.25) is 14.6 Å². The van der Waals surface area contributed by atoms with E-state index in [1.165, 1.54) is 11.3 Å². The molecule has 0 saturated heterocycles. The molecule has 0 fully saturated rings. The van der Waals surface area contributed by atoms with Gasteiger partial charge >= 0.3 is 0 Å². The zero-order chi connectivity index (χ0) is 23.4. The molecule has 4 rings (SSSR count). The van der Waals surface area contributed by atoms with E-state index >= 15 is 0 Å². The predicted molar refractivity (Wildman–Crippen MR) is 130 cm³/mol. The van der Waals surface area contributed by atoms with E-state index in [-0.39, 0.29) is 30.3 Å². The van der Waals surface area contributed by atoms with Crippen LogP contribution >= 0.6 is 11.3 Å². The van der Waals surface area contributed by atoms with Crippen LogP contribution in [0.5, 0.6) is 5.75 Å². The average Bonchev–Trinajstić information content (AvgIpc) is 3.23. The summed E-state index contributed by atoms with van der Waals surface area (Å²) >= 11 is 1.41. The van der Waals surface area contributed by atoms with Crippen LogP contribution in [0.2, 0.25) is 0 Å². The Morgan fingerprint density at radius 2 is 1.91 bits per heavy atom. The lowest BCUT2D eigenvalue weighted by Gasteiger charge is -2.32. The second-order valence-corrected chi connectivity index (χ2v) is 8.97. The van der Waals surface area contributed by atoms with Crippen molar-refractivity contribution in [1.82, 2.24) is 15.4 Å². The van der Waals surface area contributed by atoms with Gasteiger partial charge in [0.25, 0.3) is 5.91 Å². The fourth-order valence-electron chi connectivity index (χ4n) is 3.56. The highest BCUT2D eigenvalue weighted by Gasteiger charge is 2.28. The van der Waals surface area contributed by atoms with Crippen LogP contribution in [0.4, 0.5) is 5.13 Å². The van der Waals surface area contributed by atoms with Crippen molar-refractivity contribution >= 4 is 28.3 Å². The number of methoxy groups -OCH3 is 1. The molecule has 0 bridgehead atoms. The SMILES string of the molecule is COc1ccc(CC(=O)Nc2nc(-c3ccccc3)c(C3C=CC(=O)N(C(C)C)N3)s2)cc1. The maximum Gasteiger partial charge on any atom is 0.260 e. The molecule has 2 amide bonds. The molecule has 0 spiro atoms. The van der Waals surface area contributed by atoms with Crippen molar-refractivity contribution in [3.05, 3.63) is 77.2 Å². The lowest BCUT2D eigenvalue weighted by Crippen LogP contribution is -2.49. The molecular formula is C25H26N4O3S. The molecule has 1 aliphatic rings. The van der Waals surface area contributed by atoms with Gasteiger partial charge < -0.3 is 10.1 Å². The largest absolute Gasteiger partial charge is 0.497 e. The van der Waals surface area contributed by atoms with Crippen molar-refractivity contribution < 1.29 is 14.3 Å². The highest BCUT2D eigenvalue weighted by atomic mass is 32.1. The molecule has 0 saturated carbocycles. The number of hydrazine groups is 1. The number of ether oxygens (including phenoxy) is 1. The number of benzene rings is 2. The van der Waals surface area contributed by atoms with Crippen LogP contribution in [0.15, 0.2) is 66.7 Å². The Morgan fingerprint density at radius 1 is 1.18 bits per heavy atom. The van der Waals surface area contributed by atoms with E-state index in [9.17, 15) is 9.59 Å². The summed E-state index contributed by atoms with van der Waals surface area (Å²) in [4.78, 5) is 30.6. The van der Waals surface area contributed by atoms with Gasteiger partial charge in [0.15, 0.2) is 5.13 Å². The first kappa shape index (κ1) is 22.7. The van der Waals surface area contributed by atoms with E-state index < -0.39 is 0 Å². The zero-order valence-electron chi connectivity index (χ0n) is 18.7. The van der Waals surface area contributed by atoms with Crippen molar-refractivity contribution in [1.29, 1.82) is 0 Å². The molecule has 8 heteroatoms. The molecule has 0 radical (unpaired) electrons. The van der Waals surface area contributed by atoms with Crippen molar-refractivity contribution in [3.8, 4) is 17.0 Å². The first-order valence-corrected chi connectivity index (χ1v) is 11.5. The molecule has 3 aromatic rings. The molecule has 0 aliphatic carbocycles. The van der Waals surface area contributed by atoms with Crippen LogP contribution in [0.1, 0.15) is 30.3 Å². The van der Waals surface area contributed by atoms with Crippen molar-refractivity contribution in [3.63, 3.8) is 0 Å². The fraction of sp³-hybridized carbons (Fsp3) is 0.240. The normalized spacial score (nSPS) is 15.7. The van der Waals surface area contributed by atoms with Gasteiger partial charge in [-0.05, 0) is 31.5 Å². The van der Waals surface area contributed by atoms with Gasteiger partial charge in [0.1, 0.15) is 5.75 Å². The third-order valence-corrected chi connectivity index (χ3v) is 6.27. The predicted octanol–water partition coefficient (Wildman–Crippen LogP) is 4.35. The molecule has 1 unspecified atom stereocenters. The number of hydrogen-bond donors (Lipinski definition) is 2. The summed E-state index contributed by atoms with van der Waals surface area (Å²) in [5.41, 5.74) is 5.90. The number of anilines is 1. The molecule has 33 heavy (non-hydrogen) atoms. The highest BCUT2D eigenvalue weighted by molar-refractivity contribution is 7.16. The highest BCUT2D eigenvalue weighted by Crippen LogP contribution is 2.37. The van der Waals surface area contributed by atoms with Crippen LogP contribution < -0.4 is 15.5 Å². The second kappa shape index (κ2) is 9.97. The molecule has 7 nitrogen and oxygen atoms in total. The Bertz CT molecular complexity index is 1160. The number of aromatic nitrogens is 1. The van der Waals surface area contributed by atoms with E-state index in [0.717, 1.165) is 27.4 Å². The molecule has 1 aliphatic heterocycles. The second-order valence-electron chi connectivity index (χ2n) is 7.94. The lowest BCUT2D eigenvalue weighted by molar-refractivity contribution is -0.132. The smallest absolute Gasteiger partial charge is 0.260 e. The first-order valence-electron chi connectivity index (χ1n) is 10.7. The monoisotopic (exact) mass is 462 g/mol. The Balaban J connectivity index is 1.59. The Hall–Kier alpha value is -3.49. The minimum absolute atomic E-state index is 0.00159. The van der Waals surface area contributed by atoms with Gasteiger partial charge in [0.05, 0.1) is 30.1 Å². The van der Waals surface area contributed by atoms with E-state index in [4.69, 9.17) is 9.72 Å². The van der Waals surface area contributed by atoms with Crippen LogP contribution in [0.25, 0.3) is 11.3 Å². The number of hydrogen-bond acceptors (Lipinski definition) is 6. The summed E-state index contributed by atoms with van der Waals surface area (Å²) in [6.45, 7) is 3.91. The number of amides is 2. The first-order chi connectivity index (χ1) is 15.9. The molecule has 2 N–H and O–H groups in total. The van der Waals surface area contributed by atoms with E-state index in [1.54, 1.807) is 18.2 Å². The minimum Gasteiger partial charge on any atom is -0.497 e. The topological polar surface area (TPSA) is 83.6 Å². The number of nitrogens with one attached hydrogen (secondary N) is 2. The van der Waals surface area contributed by atoms with E-state index in [1.807, 2.05) is 74.5 Å². The van der Waals surface area contributed by atoms with Gasteiger partial charge in [-0.2, -0.15) is 0 Å². The molecule has 2 aromatic carbocycles. The summed E-state index contributed by atoms with van der Waals surface area (Å²) in [5, 5.41) is 5.07. The maximum absolute atomic E-state index is 12.7. The summed E-state index contributed by atoms with van der Waals surface area (Å²) < 4.78 is 5.17. The van der Waals surface area contributed by atoms with Crippen LogP contribution in [0, 0.1) is 0 Å². The van der Waals surface area contributed by atoms with Crippen LogP contribution in [0.3, 0.4) is 0 Å². The number of nitrogens with zero attached hydrogens (tertiary/aromatic N) is 2.